The van der Waals surface area contributed by atoms with Gasteiger partial charge >= 0.3 is 6.03 Å². The number of benzene rings is 2. The summed E-state index contributed by atoms with van der Waals surface area (Å²) in [7, 11) is 0. The van der Waals surface area contributed by atoms with E-state index in [2.05, 4.69) is 10.6 Å². The molecule has 0 aliphatic carbocycles. The highest BCUT2D eigenvalue weighted by molar-refractivity contribution is 8.00. The third-order valence-corrected chi connectivity index (χ3v) is 4.90. The second kappa shape index (κ2) is 8.78. The van der Waals surface area contributed by atoms with Crippen molar-refractivity contribution in [2.75, 3.05) is 5.32 Å². The third kappa shape index (κ3) is 5.99. The summed E-state index contributed by atoms with van der Waals surface area (Å²) in [6.45, 7) is 3.77. The number of anilines is 1. The lowest BCUT2D eigenvalue weighted by atomic mass is 10.1. The maximum Gasteiger partial charge on any atom is 0.316 e. The number of hydrogen-bond acceptors (Lipinski definition) is 3. The Bertz CT molecular complexity index is 735. The fraction of sp³-hybridized carbons (Fsp3) is 0.222. The summed E-state index contributed by atoms with van der Waals surface area (Å²) in [5.74, 6) is -0.0493. The van der Waals surface area contributed by atoms with Crippen LogP contribution in [0.4, 0.5) is 10.5 Å². The molecule has 3 amide bonds. The van der Waals surface area contributed by atoms with E-state index in [9.17, 15) is 9.59 Å². The number of amides is 3. The number of nitrogens with one attached hydrogen (secondary N) is 2. The van der Waals surface area contributed by atoms with Crippen LogP contribution in [0.25, 0.3) is 0 Å². The summed E-state index contributed by atoms with van der Waals surface area (Å²) in [6, 6.07) is 13.8. The predicted molar refractivity (Wildman–Crippen MR) is 103 cm³/mol. The molecule has 0 aliphatic heterocycles. The maximum atomic E-state index is 12.4. The molecule has 25 heavy (non-hydrogen) atoms. The van der Waals surface area contributed by atoms with Crippen LogP contribution in [-0.4, -0.2) is 17.2 Å². The monoisotopic (exact) mass is 377 g/mol. The number of thioether (sulfide) groups is 1. The zero-order valence-electron chi connectivity index (χ0n) is 14.0. The summed E-state index contributed by atoms with van der Waals surface area (Å²) in [4.78, 5) is 24.2. The number of carbonyl (C=O) groups is 2. The number of primary amides is 1. The molecule has 0 bridgehead atoms. The summed E-state index contributed by atoms with van der Waals surface area (Å²) in [5.41, 5.74) is 6.63. The van der Waals surface area contributed by atoms with Crippen LogP contribution in [0.2, 0.25) is 5.02 Å². The molecule has 132 valence electrons. The Kier molecular flexibility index (Phi) is 6.73. The van der Waals surface area contributed by atoms with E-state index in [0.717, 1.165) is 10.5 Å². The van der Waals surface area contributed by atoms with Gasteiger partial charge in [0.15, 0.2) is 0 Å². The van der Waals surface area contributed by atoms with Gasteiger partial charge in [0.05, 0.1) is 11.3 Å². The van der Waals surface area contributed by atoms with E-state index in [-0.39, 0.29) is 17.2 Å². The molecular weight excluding hydrogens is 358 g/mol. The minimum atomic E-state index is -0.609. The van der Waals surface area contributed by atoms with E-state index in [0.29, 0.717) is 10.7 Å². The minimum absolute atomic E-state index is 0.0493. The molecule has 7 heteroatoms. The van der Waals surface area contributed by atoms with Crippen molar-refractivity contribution < 1.29 is 9.59 Å². The normalized spacial score (nSPS) is 12.9. The van der Waals surface area contributed by atoms with Crippen LogP contribution in [0, 0.1) is 0 Å². The standard InChI is InChI=1S/C18H20ClN3O2S/c1-11(13-3-7-15(8-4-13)22-18(20)24)21-17(23)12(2)25-16-9-5-14(19)6-10-16/h3-12H,1-2H3,(H,21,23)(H3,20,22,24). The fourth-order valence-electron chi connectivity index (χ4n) is 2.18. The SMILES string of the molecule is CC(Sc1ccc(Cl)cc1)C(=O)NC(C)c1ccc(NC(N)=O)cc1. The Morgan fingerprint density at radius 3 is 2.20 bits per heavy atom. The molecule has 0 heterocycles. The quantitative estimate of drug-likeness (QED) is 0.660. The van der Waals surface area contributed by atoms with E-state index in [1.807, 2.05) is 38.1 Å². The number of carbonyl (C=O) groups excluding carboxylic acids is 2. The zero-order chi connectivity index (χ0) is 18.4. The van der Waals surface area contributed by atoms with Gasteiger partial charge in [0.2, 0.25) is 5.91 Å². The summed E-state index contributed by atoms with van der Waals surface area (Å²) < 4.78 is 0. The van der Waals surface area contributed by atoms with E-state index in [1.165, 1.54) is 11.8 Å². The number of rotatable bonds is 6. The van der Waals surface area contributed by atoms with Gasteiger partial charge in [0.1, 0.15) is 0 Å². The topological polar surface area (TPSA) is 84.2 Å². The van der Waals surface area contributed by atoms with Crippen molar-refractivity contribution in [1.82, 2.24) is 5.32 Å². The Labute approximate surface area is 156 Å². The van der Waals surface area contributed by atoms with E-state index < -0.39 is 6.03 Å². The first-order chi connectivity index (χ1) is 11.8. The van der Waals surface area contributed by atoms with Crippen LogP contribution < -0.4 is 16.4 Å². The number of halogens is 1. The number of nitrogens with two attached hydrogens (primary N) is 1. The van der Waals surface area contributed by atoms with Gasteiger partial charge in [-0.15, -0.1) is 11.8 Å². The van der Waals surface area contributed by atoms with Crippen molar-refractivity contribution >= 4 is 41.0 Å². The second-order valence-electron chi connectivity index (χ2n) is 5.56. The van der Waals surface area contributed by atoms with E-state index in [1.54, 1.807) is 24.3 Å². The van der Waals surface area contributed by atoms with Crippen LogP contribution in [0.5, 0.6) is 0 Å². The Morgan fingerprint density at radius 1 is 1.04 bits per heavy atom. The molecule has 4 N–H and O–H groups in total. The lowest BCUT2D eigenvalue weighted by Gasteiger charge is -2.18. The molecule has 0 aliphatic rings. The van der Waals surface area contributed by atoms with Crippen molar-refractivity contribution in [3.8, 4) is 0 Å². The van der Waals surface area contributed by atoms with Gasteiger partial charge in [-0.3, -0.25) is 4.79 Å². The molecule has 0 spiro atoms. The molecule has 0 fully saturated rings. The number of hydrogen-bond donors (Lipinski definition) is 3. The average Bonchev–Trinajstić information content (AvgIpc) is 2.57. The van der Waals surface area contributed by atoms with Gasteiger partial charge in [-0.2, -0.15) is 0 Å². The molecule has 2 rings (SSSR count). The second-order valence-corrected chi connectivity index (χ2v) is 7.41. The van der Waals surface area contributed by atoms with Crippen molar-refractivity contribution in [3.63, 3.8) is 0 Å². The minimum Gasteiger partial charge on any atom is -0.351 e. The molecular formula is C18H20ClN3O2S. The molecule has 2 aromatic carbocycles. The smallest absolute Gasteiger partial charge is 0.316 e. The van der Waals surface area contributed by atoms with Gasteiger partial charge in [0, 0.05) is 15.6 Å². The third-order valence-electron chi connectivity index (χ3n) is 3.53. The summed E-state index contributed by atoms with van der Waals surface area (Å²) in [5, 5.41) is 5.92. The van der Waals surface area contributed by atoms with Crippen LogP contribution in [0.15, 0.2) is 53.4 Å². The highest BCUT2D eigenvalue weighted by Crippen LogP contribution is 2.25. The first-order valence-electron chi connectivity index (χ1n) is 7.74. The lowest BCUT2D eigenvalue weighted by Crippen LogP contribution is -2.33. The lowest BCUT2D eigenvalue weighted by molar-refractivity contribution is -0.120. The largest absolute Gasteiger partial charge is 0.351 e. The molecule has 0 aromatic heterocycles. The first-order valence-corrected chi connectivity index (χ1v) is 9.00. The zero-order valence-corrected chi connectivity index (χ0v) is 15.5. The molecule has 0 saturated heterocycles. The molecule has 2 atom stereocenters. The van der Waals surface area contributed by atoms with Gasteiger partial charge in [-0.1, -0.05) is 23.7 Å². The summed E-state index contributed by atoms with van der Waals surface area (Å²) in [6.07, 6.45) is 0. The summed E-state index contributed by atoms with van der Waals surface area (Å²) >= 11 is 7.34. The van der Waals surface area contributed by atoms with Crippen LogP contribution in [-0.2, 0) is 4.79 Å². The Morgan fingerprint density at radius 2 is 1.64 bits per heavy atom. The Balaban J connectivity index is 1.92. The molecule has 5 nitrogen and oxygen atoms in total. The van der Waals surface area contributed by atoms with Crippen molar-refractivity contribution in [1.29, 1.82) is 0 Å². The van der Waals surface area contributed by atoms with Crippen molar-refractivity contribution in [2.45, 2.75) is 30.0 Å². The van der Waals surface area contributed by atoms with Crippen LogP contribution >= 0.6 is 23.4 Å². The molecule has 0 saturated carbocycles. The molecule has 2 aromatic rings. The maximum absolute atomic E-state index is 12.4. The highest BCUT2D eigenvalue weighted by atomic mass is 35.5. The van der Waals surface area contributed by atoms with E-state index >= 15 is 0 Å². The van der Waals surface area contributed by atoms with E-state index in [4.69, 9.17) is 17.3 Å². The predicted octanol–water partition coefficient (Wildman–Crippen LogP) is 4.19. The van der Waals surface area contributed by atoms with Gasteiger partial charge < -0.3 is 16.4 Å². The van der Waals surface area contributed by atoms with Crippen molar-refractivity contribution in [3.05, 3.63) is 59.1 Å². The highest BCUT2D eigenvalue weighted by Gasteiger charge is 2.17. The van der Waals surface area contributed by atoms with Gasteiger partial charge in [-0.25, -0.2) is 4.79 Å². The molecule has 2 unspecified atom stereocenters. The first kappa shape index (κ1) is 19.1. The fourth-order valence-corrected chi connectivity index (χ4v) is 3.18. The van der Waals surface area contributed by atoms with Crippen LogP contribution in [0.3, 0.4) is 0 Å². The van der Waals surface area contributed by atoms with Gasteiger partial charge in [0.25, 0.3) is 0 Å². The Hall–Kier alpha value is -2.18. The van der Waals surface area contributed by atoms with Gasteiger partial charge in [-0.05, 0) is 55.8 Å². The van der Waals surface area contributed by atoms with Crippen LogP contribution in [0.1, 0.15) is 25.5 Å². The van der Waals surface area contributed by atoms with Crippen molar-refractivity contribution in [2.24, 2.45) is 5.73 Å². The number of urea groups is 1. The average molecular weight is 378 g/mol. The molecule has 0 radical (unpaired) electrons.